The van der Waals surface area contributed by atoms with Crippen molar-refractivity contribution in [3.8, 4) is 5.75 Å². The van der Waals surface area contributed by atoms with E-state index >= 15 is 0 Å². The highest BCUT2D eigenvalue weighted by atomic mass is 16.5. The van der Waals surface area contributed by atoms with E-state index in [9.17, 15) is 0 Å². The molecule has 3 nitrogen and oxygen atoms in total. The Morgan fingerprint density at radius 2 is 1.86 bits per heavy atom. The van der Waals surface area contributed by atoms with E-state index in [1.165, 1.54) is 16.3 Å². The first-order chi connectivity index (χ1) is 9.96. The molecule has 0 radical (unpaired) electrons. The van der Waals surface area contributed by atoms with Gasteiger partial charge < -0.3 is 15.4 Å². The second-order valence-corrected chi connectivity index (χ2v) is 6.51. The van der Waals surface area contributed by atoms with E-state index in [1.807, 2.05) is 0 Å². The molecule has 0 unspecified atom stereocenters. The van der Waals surface area contributed by atoms with Crippen LogP contribution in [0, 0.1) is 5.41 Å². The maximum Gasteiger partial charge on any atom is 0.123 e. The smallest absolute Gasteiger partial charge is 0.123 e. The van der Waals surface area contributed by atoms with Gasteiger partial charge >= 0.3 is 0 Å². The highest BCUT2D eigenvalue weighted by Gasteiger charge is 2.19. The summed E-state index contributed by atoms with van der Waals surface area (Å²) in [7, 11) is 3.87. The van der Waals surface area contributed by atoms with Crippen LogP contribution in [0.2, 0.25) is 0 Å². The predicted molar refractivity (Wildman–Crippen MR) is 89.7 cm³/mol. The van der Waals surface area contributed by atoms with Crippen LogP contribution in [0.3, 0.4) is 0 Å². The lowest BCUT2D eigenvalue weighted by atomic mass is 9.93. The van der Waals surface area contributed by atoms with Crippen molar-refractivity contribution in [3.05, 3.63) is 42.0 Å². The Labute approximate surface area is 127 Å². The van der Waals surface area contributed by atoms with Crippen molar-refractivity contribution in [1.29, 1.82) is 0 Å². The molecule has 0 bridgehead atoms. The Kier molecular flexibility index (Phi) is 4.86. The fraction of sp³-hybridized carbons (Fsp3) is 0.444. The molecule has 2 N–H and O–H groups in total. The maximum atomic E-state index is 5.84. The predicted octanol–water partition coefficient (Wildman–Crippen LogP) is 3.27. The van der Waals surface area contributed by atoms with Gasteiger partial charge in [0.15, 0.2) is 0 Å². The minimum atomic E-state index is 0.118. The summed E-state index contributed by atoms with van der Waals surface area (Å²) in [6.07, 6.45) is 0. The van der Waals surface area contributed by atoms with Gasteiger partial charge in [-0.05, 0) is 35.8 Å². The molecule has 2 aromatic rings. The van der Waals surface area contributed by atoms with Gasteiger partial charge in [0.2, 0.25) is 0 Å². The number of rotatable bonds is 6. The number of fused-ring (bicyclic) bond motifs is 1. The summed E-state index contributed by atoms with van der Waals surface area (Å²) in [5, 5.41) is 2.51. The van der Waals surface area contributed by atoms with Gasteiger partial charge in [-0.1, -0.05) is 44.2 Å². The van der Waals surface area contributed by atoms with Gasteiger partial charge in [-0.2, -0.15) is 0 Å². The number of nitrogens with two attached hydrogens (primary N) is 1. The maximum absolute atomic E-state index is 5.84. The lowest BCUT2D eigenvalue weighted by Gasteiger charge is -2.29. The molecule has 0 atom stereocenters. The SMILES string of the molecule is COc1ccc2ccccc2c1CN(C)CC(C)(C)CN. The molecule has 0 saturated carbocycles. The quantitative estimate of drug-likeness (QED) is 0.886. The third kappa shape index (κ3) is 3.74. The van der Waals surface area contributed by atoms with E-state index in [2.05, 4.69) is 62.2 Å². The number of benzene rings is 2. The van der Waals surface area contributed by atoms with Crippen molar-refractivity contribution < 1.29 is 4.74 Å². The molecular weight excluding hydrogens is 260 g/mol. The molecule has 21 heavy (non-hydrogen) atoms. The van der Waals surface area contributed by atoms with Crippen LogP contribution >= 0.6 is 0 Å². The topological polar surface area (TPSA) is 38.5 Å². The summed E-state index contributed by atoms with van der Waals surface area (Å²) < 4.78 is 5.56. The van der Waals surface area contributed by atoms with Crippen molar-refractivity contribution in [2.24, 2.45) is 11.1 Å². The standard InChI is InChI=1S/C18H26N2O/c1-18(2,12-19)13-20(3)11-16-15-8-6-5-7-14(15)9-10-17(16)21-4/h5-10H,11-13,19H2,1-4H3. The molecule has 0 spiro atoms. The van der Waals surface area contributed by atoms with Crippen molar-refractivity contribution in [2.75, 3.05) is 27.2 Å². The van der Waals surface area contributed by atoms with Gasteiger partial charge in [-0.25, -0.2) is 0 Å². The van der Waals surface area contributed by atoms with Gasteiger partial charge in [-0.3, -0.25) is 0 Å². The van der Waals surface area contributed by atoms with Crippen LogP contribution in [-0.4, -0.2) is 32.1 Å². The molecule has 0 aliphatic rings. The minimum Gasteiger partial charge on any atom is -0.496 e. The van der Waals surface area contributed by atoms with E-state index in [1.54, 1.807) is 7.11 Å². The third-order valence-corrected chi connectivity index (χ3v) is 3.90. The van der Waals surface area contributed by atoms with Crippen LogP contribution in [0.15, 0.2) is 36.4 Å². The highest BCUT2D eigenvalue weighted by molar-refractivity contribution is 5.87. The first kappa shape index (κ1) is 15.8. The average molecular weight is 286 g/mol. The molecule has 0 aliphatic carbocycles. The van der Waals surface area contributed by atoms with Gasteiger partial charge in [0.25, 0.3) is 0 Å². The minimum absolute atomic E-state index is 0.118. The Balaban J connectivity index is 2.32. The summed E-state index contributed by atoms with van der Waals surface area (Å²) >= 11 is 0. The molecule has 0 amide bonds. The van der Waals surface area contributed by atoms with Gasteiger partial charge in [-0.15, -0.1) is 0 Å². The molecule has 114 valence electrons. The van der Waals surface area contributed by atoms with E-state index in [-0.39, 0.29) is 5.41 Å². The lowest BCUT2D eigenvalue weighted by Crippen LogP contribution is -2.36. The van der Waals surface area contributed by atoms with Crippen molar-refractivity contribution in [1.82, 2.24) is 4.90 Å². The van der Waals surface area contributed by atoms with Crippen LogP contribution in [0.25, 0.3) is 10.8 Å². The average Bonchev–Trinajstić information content (AvgIpc) is 2.47. The van der Waals surface area contributed by atoms with E-state index in [0.717, 1.165) is 18.8 Å². The molecule has 3 heteroatoms. The van der Waals surface area contributed by atoms with Gasteiger partial charge in [0.05, 0.1) is 7.11 Å². The second kappa shape index (κ2) is 6.46. The molecular formula is C18H26N2O. The Bertz CT molecular complexity index is 607. The monoisotopic (exact) mass is 286 g/mol. The highest BCUT2D eigenvalue weighted by Crippen LogP contribution is 2.29. The summed E-state index contributed by atoms with van der Waals surface area (Å²) in [6.45, 7) is 6.89. The third-order valence-electron chi connectivity index (χ3n) is 3.90. The fourth-order valence-electron chi connectivity index (χ4n) is 2.79. The lowest BCUT2D eigenvalue weighted by molar-refractivity contribution is 0.208. The van der Waals surface area contributed by atoms with E-state index in [0.29, 0.717) is 6.54 Å². The molecule has 2 aromatic carbocycles. The zero-order valence-electron chi connectivity index (χ0n) is 13.5. The van der Waals surface area contributed by atoms with E-state index < -0.39 is 0 Å². The summed E-state index contributed by atoms with van der Waals surface area (Å²) in [4.78, 5) is 2.32. The van der Waals surface area contributed by atoms with Crippen LogP contribution in [0.1, 0.15) is 19.4 Å². The second-order valence-electron chi connectivity index (χ2n) is 6.51. The number of nitrogens with zero attached hydrogens (tertiary/aromatic N) is 1. The van der Waals surface area contributed by atoms with Crippen LogP contribution in [0.5, 0.6) is 5.75 Å². The molecule has 0 saturated heterocycles. The van der Waals surface area contributed by atoms with E-state index in [4.69, 9.17) is 10.5 Å². The van der Waals surface area contributed by atoms with Crippen LogP contribution in [-0.2, 0) is 6.54 Å². The molecule has 0 aliphatic heterocycles. The van der Waals surface area contributed by atoms with Crippen LogP contribution in [0.4, 0.5) is 0 Å². The first-order valence-corrected chi connectivity index (χ1v) is 7.40. The number of ether oxygens (including phenoxy) is 1. The summed E-state index contributed by atoms with van der Waals surface area (Å²) in [5.41, 5.74) is 7.20. The largest absolute Gasteiger partial charge is 0.496 e. The molecule has 0 aromatic heterocycles. The normalized spacial score (nSPS) is 12.1. The first-order valence-electron chi connectivity index (χ1n) is 7.40. The molecule has 0 heterocycles. The van der Waals surface area contributed by atoms with Crippen molar-refractivity contribution >= 4 is 10.8 Å². The zero-order chi connectivity index (χ0) is 15.5. The summed E-state index contributed by atoms with van der Waals surface area (Å²) in [6, 6.07) is 12.6. The molecule has 0 fully saturated rings. The summed E-state index contributed by atoms with van der Waals surface area (Å²) in [5.74, 6) is 0.950. The van der Waals surface area contributed by atoms with Crippen LogP contribution < -0.4 is 10.5 Å². The van der Waals surface area contributed by atoms with Gasteiger partial charge in [0.1, 0.15) is 5.75 Å². The number of methoxy groups -OCH3 is 1. The molecule has 2 rings (SSSR count). The zero-order valence-corrected chi connectivity index (χ0v) is 13.5. The number of hydrogen-bond donors (Lipinski definition) is 1. The van der Waals surface area contributed by atoms with Crippen molar-refractivity contribution in [2.45, 2.75) is 20.4 Å². The Morgan fingerprint density at radius 1 is 1.14 bits per heavy atom. The Morgan fingerprint density at radius 3 is 2.52 bits per heavy atom. The van der Waals surface area contributed by atoms with Crippen molar-refractivity contribution in [3.63, 3.8) is 0 Å². The Hall–Kier alpha value is -1.58. The fourth-order valence-corrected chi connectivity index (χ4v) is 2.79. The number of hydrogen-bond acceptors (Lipinski definition) is 3. The van der Waals surface area contributed by atoms with Gasteiger partial charge in [0, 0.05) is 18.7 Å².